The third-order valence-electron chi connectivity index (χ3n) is 5.62. The van der Waals surface area contributed by atoms with Crippen molar-refractivity contribution in [3.05, 3.63) is 27.4 Å². The molecule has 1 aliphatic carbocycles. The molecule has 0 radical (unpaired) electrons. The van der Waals surface area contributed by atoms with Crippen LogP contribution in [0.25, 0.3) is 0 Å². The fourth-order valence-electron chi connectivity index (χ4n) is 3.94. The van der Waals surface area contributed by atoms with Gasteiger partial charge in [0.2, 0.25) is 5.91 Å². The third kappa shape index (κ3) is 2.77. The molecule has 2 fully saturated rings. The van der Waals surface area contributed by atoms with Gasteiger partial charge in [0.05, 0.1) is 17.3 Å². The molecule has 24 heavy (non-hydrogen) atoms. The second-order valence-corrected chi connectivity index (χ2v) is 7.65. The van der Waals surface area contributed by atoms with Crippen LogP contribution in [-0.4, -0.2) is 44.8 Å². The summed E-state index contributed by atoms with van der Waals surface area (Å²) >= 11 is 0. The number of rotatable bonds is 3. The summed E-state index contributed by atoms with van der Waals surface area (Å²) < 4.78 is 0. The highest BCUT2D eigenvalue weighted by Crippen LogP contribution is 2.37. The Morgan fingerprint density at radius 3 is 2.75 bits per heavy atom. The number of nitrogens with zero attached hydrogens (tertiary/aromatic N) is 3. The van der Waals surface area contributed by atoms with Gasteiger partial charge in [0.15, 0.2) is 0 Å². The number of aromatic amines is 1. The second kappa shape index (κ2) is 5.99. The number of likely N-dealkylation sites (tertiary alicyclic amines) is 1. The van der Waals surface area contributed by atoms with E-state index in [2.05, 4.69) is 23.7 Å². The lowest BCUT2D eigenvalue weighted by atomic mass is 10.0. The lowest BCUT2D eigenvalue weighted by molar-refractivity contribution is -0.133. The highest BCUT2D eigenvalue weighted by molar-refractivity contribution is 5.81. The number of hydrogen-bond donors (Lipinski definition) is 1. The molecule has 1 amide bonds. The van der Waals surface area contributed by atoms with Crippen LogP contribution >= 0.6 is 0 Å². The number of H-pyrrole nitrogens is 1. The smallest absolute Gasteiger partial charge is 0.255 e. The average Bonchev–Trinajstić information content (AvgIpc) is 3.30. The van der Waals surface area contributed by atoms with Crippen molar-refractivity contribution >= 4 is 5.91 Å². The van der Waals surface area contributed by atoms with Gasteiger partial charge in [-0.25, -0.2) is 4.98 Å². The second-order valence-electron chi connectivity index (χ2n) is 7.65. The van der Waals surface area contributed by atoms with Gasteiger partial charge in [-0.1, -0.05) is 0 Å². The van der Waals surface area contributed by atoms with Crippen molar-refractivity contribution in [1.82, 2.24) is 19.8 Å². The van der Waals surface area contributed by atoms with Crippen LogP contribution in [0.5, 0.6) is 0 Å². The average molecular weight is 330 g/mol. The summed E-state index contributed by atoms with van der Waals surface area (Å²) in [6, 6.07) is 0.387. The van der Waals surface area contributed by atoms with Gasteiger partial charge in [0.1, 0.15) is 5.82 Å². The van der Waals surface area contributed by atoms with Crippen molar-refractivity contribution in [2.45, 2.75) is 64.6 Å². The van der Waals surface area contributed by atoms with E-state index in [0.29, 0.717) is 18.4 Å². The van der Waals surface area contributed by atoms with Gasteiger partial charge in [0.25, 0.3) is 5.56 Å². The molecule has 130 valence electrons. The minimum absolute atomic E-state index is 0.0222. The molecule has 0 aromatic carbocycles. The molecule has 1 aromatic rings. The molecule has 6 nitrogen and oxygen atoms in total. The van der Waals surface area contributed by atoms with Crippen LogP contribution in [0.15, 0.2) is 4.79 Å². The summed E-state index contributed by atoms with van der Waals surface area (Å²) in [5.41, 5.74) is 1.71. The van der Waals surface area contributed by atoms with Crippen molar-refractivity contribution in [2.75, 3.05) is 13.1 Å². The Hall–Kier alpha value is -1.69. The van der Waals surface area contributed by atoms with E-state index in [1.54, 1.807) is 0 Å². The van der Waals surface area contributed by atoms with E-state index in [9.17, 15) is 9.59 Å². The van der Waals surface area contributed by atoms with Gasteiger partial charge in [0, 0.05) is 38.0 Å². The molecule has 0 bridgehead atoms. The number of hydrogen-bond acceptors (Lipinski definition) is 4. The van der Waals surface area contributed by atoms with Gasteiger partial charge < -0.3 is 9.88 Å². The molecule has 1 aromatic heterocycles. The fraction of sp³-hybridized carbons (Fsp3) is 0.722. The Morgan fingerprint density at radius 2 is 2.04 bits per heavy atom. The normalized spacial score (nSPS) is 24.5. The van der Waals surface area contributed by atoms with Gasteiger partial charge in [-0.3, -0.25) is 14.5 Å². The molecule has 0 spiro atoms. The Morgan fingerprint density at radius 1 is 1.25 bits per heavy atom. The zero-order valence-electron chi connectivity index (χ0n) is 14.5. The van der Waals surface area contributed by atoms with Crippen LogP contribution in [0.4, 0.5) is 0 Å². The lowest BCUT2D eigenvalue weighted by Crippen LogP contribution is -2.40. The topological polar surface area (TPSA) is 69.3 Å². The minimum atomic E-state index is -0.0424. The van der Waals surface area contributed by atoms with E-state index >= 15 is 0 Å². The number of nitrogens with one attached hydrogen (secondary N) is 1. The Bertz CT molecular complexity index is 707. The van der Waals surface area contributed by atoms with E-state index < -0.39 is 0 Å². The quantitative estimate of drug-likeness (QED) is 0.914. The van der Waals surface area contributed by atoms with Crippen molar-refractivity contribution in [2.24, 2.45) is 5.92 Å². The van der Waals surface area contributed by atoms with Gasteiger partial charge in [-0.15, -0.1) is 0 Å². The van der Waals surface area contributed by atoms with Crippen molar-refractivity contribution in [3.8, 4) is 0 Å². The summed E-state index contributed by atoms with van der Waals surface area (Å²) in [7, 11) is 0. The minimum Gasteiger partial charge on any atom is -0.332 e. The SMILES string of the molecule is CC(C)N1CCc2nc([C@@H]3CCCN3C(=O)C3CC3)[nH]c(=O)c2C1. The van der Waals surface area contributed by atoms with Crippen molar-refractivity contribution in [1.29, 1.82) is 0 Å². The first-order valence-corrected chi connectivity index (χ1v) is 9.21. The first kappa shape index (κ1) is 15.8. The highest BCUT2D eigenvalue weighted by atomic mass is 16.2. The molecule has 2 aliphatic heterocycles. The zero-order valence-corrected chi connectivity index (χ0v) is 14.5. The highest BCUT2D eigenvalue weighted by Gasteiger charge is 2.40. The molecule has 1 saturated carbocycles. The van der Waals surface area contributed by atoms with Crippen molar-refractivity contribution < 1.29 is 4.79 Å². The van der Waals surface area contributed by atoms with Crippen LogP contribution in [0.3, 0.4) is 0 Å². The molecule has 4 rings (SSSR count). The van der Waals surface area contributed by atoms with E-state index in [4.69, 9.17) is 4.98 Å². The summed E-state index contributed by atoms with van der Waals surface area (Å²) in [4.78, 5) is 37.1. The number of amides is 1. The third-order valence-corrected chi connectivity index (χ3v) is 5.62. The molecular weight excluding hydrogens is 304 g/mol. The largest absolute Gasteiger partial charge is 0.332 e. The molecule has 0 unspecified atom stereocenters. The van der Waals surface area contributed by atoms with Crippen LogP contribution in [0.2, 0.25) is 0 Å². The summed E-state index contributed by atoms with van der Waals surface area (Å²) in [5, 5.41) is 0. The van der Waals surface area contributed by atoms with E-state index in [1.165, 1.54) is 0 Å². The van der Waals surface area contributed by atoms with Crippen LogP contribution in [-0.2, 0) is 17.8 Å². The molecule has 1 saturated heterocycles. The number of carbonyl (C=O) groups excluding carboxylic acids is 1. The summed E-state index contributed by atoms with van der Waals surface area (Å²) in [5.74, 6) is 1.17. The Labute approximate surface area is 142 Å². The van der Waals surface area contributed by atoms with E-state index in [0.717, 1.165) is 56.5 Å². The molecule has 3 aliphatic rings. The molecule has 3 heterocycles. The van der Waals surface area contributed by atoms with Gasteiger partial charge in [-0.2, -0.15) is 0 Å². The van der Waals surface area contributed by atoms with E-state index in [-0.39, 0.29) is 23.4 Å². The first-order chi connectivity index (χ1) is 11.5. The molecule has 1 N–H and O–H groups in total. The van der Waals surface area contributed by atoms with Crippen LogP contribution < -0.4 is 5.56 Å². The van der Waals surface area contributed by atoms with E-state index in [1.807, 2.05) is 4.90 Å². The maximum absolute atomic E-state index is 12.6. The maximum atomic E-state index is 12.6. The predicted molar refractivity (Wildman–Crippen MR) is 90.5 cm³/mol. The Balaban J connectivity index is 1.62. The molecule has 6 heteroatoms. The van der Waals surface area contributed by atoms with Gasteiger partial charge in [-0.05, 0) is 39.5 Å². The number of carbonyl (C=O) groups is 1. The predicted octanol–water partition coefficient (Wildman–Crippen LogP) is 1.61. The lowest BCUT2D eigenvalue weighted by Gasteiger charge is -2.31. The van der Waals surface area contributed by atoms with Crippen LogP contribution in [0.1, 0.15) is 62.7 Å². The zero-order chi connectivity index (χ0) is 16.8. The van der Waals surface area contributed by atoms with Gasteiger partial charge >= 0.3 is 0 Å². The van der Waals surface area contributed by atoms with Crippen LogP contribution in [0, 0.1) is 5.92 Å². The number of fused-ring (bicyclic) bond motifs is 1. The van der Waals surface area contributed by atoms with Crippen molar-refractivity contribution in [3.63, 3.8) is 0 Å². The molecule has 1 atom stereocenters. The monoisotopic (exact) mass is 330 g/mol. The first-order valence-electron chi connectivity index (χ1n) is 9.21. The standard InChI is InChI=1S/C18H26N4O2/c1-11(2)21-9-7-14-13(10-21)17(23)20-16(19-14)15-4-3-8-22(15)18(24)12-5-6-12/h11-12,15H,3-10H2,1-2H3,(H,19,20,23)/t15-/m0/s1. The molecular formula is C18H26N4O2. The maximum Gasteiger partial charge on any atom is 0.255 e. The summed E-state index contributed by atoms with van der Waals surface area (Å²) in [6.07, 6.45) is 4.74. The Kier molecular flexibility index (Phi) is 3.95. The fourth-order valence-corrected chi connectivity index (χ4v) is 3.94. The number of aromatic nitrogens is 2. The summed E-state index contributed by atoms with van der Waals surface area (Å²) in [6.45, 7) is 6.71.